The molecule has 5 N–H and O–H groups in total. The fraction of sp³-hybridized carbons (Fsp3) is 0.182. The van der Waals surface area contributed by atoms with Gasteiger partial charge in [0.05, 0.1) is 5.69 Å². The largest absolute Gasteiger partial charge is 0.397 e. The van der Waals surface area contributed by atoms with Crippen LogP contribution in [0.3, 0.4) is 0 Å². The molecule has 0 unspecified atom stereocenters. The van der Waals surface area contributed by atoms with E-state index in [0.29, 0.717) is 29.0 Å². The highest BCUT2D eigenvalue weighted by molar-refractivity contribution is 7.21. The first-order chi connectivity index (χ1) is 8.13. The topological polar surface area (TPSA) is 81.1 Å². The second kappa shape index (κ2) is 4.68. The fourth-order valence-corrected chi connectivity index (χ4v) is 2.54. The molecule has 0 bridgehead atoms. The smallest absolute Gasteiger partial charge is 0.263 e. The SMILES string of the molecule is NCCNC(=O)c1sc2ccc(F)cc2c1N. The number of nitrogens with two attached hydrogens (primary N) is 2. The number of nitrogens with one attached hydrogen (secondary N) is 1. The average molecular weight is 253 g/mol. The quantitative estimate of drug-likeness (QED) is 0.771. The molecule has 0 atom stereocenters. The van der Waals surface area contributed by atoms with E-state index in [1.807, 2.05) is 0 Å². The first-order valence-electron chi connectivity index (χ1n) is 5.09. The summed E-state index contributed by atoms with van der Waals surface area (Å²) in [5.74, 6) is -0.634. The molecule has 1 amide bonds. The van der Waals surface area contributed by atoms with Gasteiger partial charge in [-0.1, -0.05) is 0 Å². The Hall–Kier alpha value is -1.66. The van der Waals surface area contributed by atoms with Crippen molar-refractivity contribution in [2.24, 2.45) is 5.73 Å². The maximum absolute atomic E-state index is 13.1. The summed E-state index contributed by atoms with van der Waals surface area (Å²) in [6.45, 7) is 0.756. The Morgan fingerprint density at radius 2 is 2.24 bits per heavy atom. The number of nitrogen functional groups attached to an aromatic ring is 1. The maximum atomic E-state index is 13.1. The van der Waals surface area contributed by atoms with Gasteiger partial charge in [-0.2, -0.15) is 0 Å². The number of hydrogen-bond acceptors (Lipinski definition) is 4. The van der Waals surface area contributed by atoms with Crippen LogP contribution in [-0.2, 0) is 0 Å². The average Bonchev–Trinajstić information content (AvgIpc) is 2.64. The van der Waals surface area contributed by atoms with Crippen LogP contribution in [0.1, 0.15) is 9.67 Å². The third kappa shape index (κ3) is 2.22. The Morgan fingerprint density at radius 1 is 1.47 bits per heavy atom. The van der Waals surface area contributed by atoms with Gasteiger partial charge in [0.25, 0.3) is 5.91 Å². The molecule has 0 aliphatic carbocycles. The van der Waals surface area contributed by atoms with Gasteiger partial charge < -0.3 is 16.8 Å². The van der Waals surface area contributed by atoms with E-state index in [-0.39, 0.29) is 11.7 Å². The van der Waals surface area contributed by atoms with Crippen LogP contribution in [0.25, 0.3) is 10.1 Å². The minimum absolute atomic E-state index is 0.269. The number of halogens is 1. The number of anilines is 1. The highest BCUT2D eigenvalue weighted by Crippen LogP contribution is 2.33. The molecule has 6 heteroatoms. The minimum atomic E-state index is -0.365. The van der Waals surface area contributed by atoms with Crippen molar-refractivity contribution in [1.29, 1.82) is 0 Å². The van der Waals surface area contributed by atoms with Crippen LogP contribution in [0.2, 0.25) is 0 Å². The zero-order chi connectivity index (χ0) is 12.4. The van der Waals surface area contributed by atoms with Crippen LogP contribution in [-0.4, -0.2) is 19.0 Å². The number of thiophene rings is 1. The summed E-state index contributed by atoms with van der Waals surface area (Å²) in [5.41, 5.74) is 11.4. The van der Waals surface area contributed by atoms with Gasteiger partial charge in [-0.3, -0.25) is 4.79 Å². The van der Waals surface area contributed by atoms with E-state index in [2.05, 4.69) is 5.32 Å². The lowest BCUT2D eigenvalue weighted by Crippen LogP contribution is -2.28. The summed E-state index contributed by atoms with van der Waals surface area (Å²) in [6, 6.07) is 4.30. The van der Waals surface area contributed by atoms with Gasteiger partial charge in [0.1, 0.15) is 10.7 Å². The Labute approximate surface area is 101 Å². The Balaban J connectivity index is 2.42. The summed E-state index contributed by atoms with van der Waals surface area (Å²) in [4.78, 5) is 12.2. The number of rotatable bonds is 3. The van der Waals surface area contributed by atoms with Crippen LogP contribution < -0.4 is 16.8 Å². The first kappa shape index (κ1) is 11.8. The van der Waals surface area contributed by atoms with E-state index in [0.717, 1.165) is 4.70 Å². The molecule has 0 spiro atoms. The normalized spacial score (nSPS) is 10.7. The monoisotopic (exact) mass is 253 g/mol. The summed E-state index contributed by atoms with van der Waals surface area (Å²) in [6.07, 6.45) is 0. The number of amides is 1. The highest BCUT2D eigenvalue weighted by Gasteiger charge is 2.16. The molecule has 90 valence electrons. The lowest BCUT2D eigenvalue weighted by atomic mass is 10.2. The number of benzene rings is 1. The van der Waals surface area contributed by atoms with Gasteiger partial charge in [-0.25, -0.2) is 4.39 Å². The van der Waals surface area contributed by atoms with Gasteiger partial charge in [0.2, 0.25) is 0 Å². The molecule has 1 aromatic heterocycles. The molecule has 0 radical (unpaired) electrons. The lowest BCUT2D eigenvalue weighted by Gasteiger charge is -2.01. The van der Waals surface area contributed by atoms with Gasteiger partial charge in [0.15, 0.2) is 0 Å². The van der Waals surface area contributed by atoms with Crippen molar-refractivity contribution < 1.29 is 9.18 Å². The van der Waals surface area contributed by atoms with E-state index >= 15 is 0 Å². The van der Waals surface area contributed by atoms with Gasteiger partial charge >= 0.3 is 0 Å². The van der Waals surface area contributed by atoms with E-state index in [4.69, 9.17) is 11.5 Å². The number of hydrogen-bond donors (Lipinski definition) is 3. The third-order valence-corrected chi connectivity index (χ3v) is 3.51. The summed E-state index contributed by atoms with van der Waals surface area (Å²) >= 11 is 1.25. The van der Waals surface area contributed by atoms with E-state index in [1.165, 1.54) is 23.5 Å². The van der Waals surface area contributed by atoms with E-state index in [1.54, 1.807) is 6.07 Å². The molecule has 0 aliphatic heterocycles. The molecular weight excluding hydrogens is 241 g/mol. The van der Waals surface area contributed by atoms with Gasteiger partial charge in [-0.15, -0.1) is 11.3 Å². The van der Waals surface area contributed by atoms with Crippen LogP contribution >= 0.6 is 11.3 Å². The van der Waals surface area contributed by atoms with Crippen LogP contribution in [0.4, 0.5) is 10.1 Å². The van der Waals surface area contributed by atoms with Crippen molar-refractivity contribution in [1.82, 2.24) is 5.32 Å². The Bertz CT molecular complexity index is 567. The fourth-order valence-electron chi connectivity index (χ4n) is 1.52. The molecule has 2 rings (SSSR count). The molecule has 0 saturated carbocycles. The van der Waals surface area contributed by atoms with Crippen LogP contribution in [0.5, 0.6) is 0 Å². The van der Waals surface area contributed by atoms with Crippen LogP contribution in [0.15, 0.2) is 18.2 Å². The number of fused-ring (bicyclic) bond motifs is 1. The van der Waals surface area contributed by atoms with Crippen molar-refractivity contribution in [3.63, 3.8) is 0 Å². The van der Waals surface area contributed by atoms with Crippen molar-refractivity contribution in [2.75, 3.05) is 18.8 Å². The Morgan fingerprint density at radius 3 is 2.94 bits per heavy atom. The molecule has 0 fully saturated rings. The molecule has 17 heavy (non-hydrogen) atoms. The summed E-state index contributed by atoms with van der Waals surface area (Å²) in [7, 11) is 0. The predicted molar refractivity (Wildman–Crippen MR) is 67.6 cm³/mol. The molecule has 2 aromatic rings. The lowest BCUT2D eigenvalue weighted by molar-refractivity contribution is 0.0959. The van der Waals surface area contributed by atoms with Crippen molar-refractivity contribution in [3.8, 4) is 0 Å². The second-order valence-corrected chi connectivity index (χ2v) is 4.58. The van der Waals surface area contributed by atoms with Crippen molar-refractivity contribution >= 4 is 33.0 Å². The molecule has 0 aliphatic rings. The molecule has 1 aromatic carbocycles. The van der Waals surface area contributed by atoms with Gasteiger partial charge in [0, 0.05) is 23.2 Å². The molecule has 1 heterocycles. The van der Waals surface area contributed by atoms with E-state index < -0.39 is 0 Å². The zero-order valence-corrected chi connectivity index (χ0v) is 9.81. The minimum Gasteiger partial charge on any atom is -0.397 e. The first-order valence-corrected chi connectivity index (χ1v) is 5.91. The molecule has 0 saturated heterocycles. The third-order valence-electron chi connectivity index (χ3n) is 2.32. The summed E-state index contributed by atoms with van der Waals surface area (Å²) in [5, 5.41) is 3.21. The van der Waals surface area contributed by atoms with E-state index in [9.17, 15) is 9.18 Å². The zero-order valence-electron chi connectivity index (χ0n) is 9.00. The van der Waals surface area contributed by atoms with Crippen molar-refractivity contribution in [2.45, 2.75) is 0 Å². The number of carbonyl (C=O) groups excluding carboxylic acids is 1. The van der Waals surface area contributed by atoms with Gasteiger partial charge in [-0.05, 0) is 18.2 Å². The summed E-state index contributed by atoms with van der Waals surface area (Å²) < 4.78 is 13.9. The van der Waals surface area contributed by atoms with Crippen LogP contribution in [0, 0.1) is 5.82 Å². The highest BCUT2D eigenvalue weighted by atomic mass is 32.1. The molecular formula is C11H12FN3OS. The predicted octanol–water partition coefficient (Wildman–Crippen LogP) is 1.31. The van der Waals surface area contributed by atoms with Crippen molar-refractivity contribution in [3.05, 3.63) is 28.9 Å². The number of carbonyl (C=O) groups is 1. The maximum Gasteiger partial charge on any atom is 0.263 e. The second-order valence-electron chi connectivity index (χ2n) is 3.53. The Kier molecular flexibility index (Phi) is 3.26. The standard InChI is InChI=1S/C11H12FN3OS/c12-6-1-2-8-7(5-6)9(14)10(17-8)11(16)15-4-3-13/h1-2,5H,3-4,13-14H2,(H,15,16). The molecule has 4 nitrogen and oxygen atoms in total.